The molecule has 6 aliphatic rings. The van der Waals surface area contributed by atoms with Crippen LogP contribution in [0.2, 0.25) is 0 Å². The van der Waals surface area contributed by atoms with E-state index in [9.17, 15) is 24.9 Å². The van der Waals surface area contributed by atoms with Crippen molar-refractivity contribution in [3.63, 3.8) is 0 Å². The Morgan fingerprint density at radius 1 is 1.00 bits per heavy atom. The first-order valence-corrected chi connectivity index (χ1v) is 14.6. The number of aliphatic hydroxyl groups excluding tert-OH is 1. The van der Waals surface area contributed by atoms with Gasteiger partial charge in [0.25, 0.3) is 0 Å². The fourth-order valence-corrected chi connectivity index (χ4v) is 6.77. The van der Waals surface area contributed by atoms with Crippen LogP contribution in [0.4, 0.5) is 0 Å². The second-order valence-corrected chi connectivity index (χ2v) is 11.6. The average Bonchev–Trinajstić information content (AvgIpc) is 3.69. The maximum Gasteiger partial charge on any atom is 0.328 e. The Bertz CT molecular complexity index is 1800. The molecule has 9 heteroatoms. The van der Waals surface area contributed by atoms with Crippen molar-refractivity contribution < 1.29 is 24.9 Å². The van der Waals surface area contributed by atoms with E-state index < -0.39 is 11.9 Å². The van der Waals surface area contributed by atoms with E-state index in [0.717, 1.165) is 80.1 Å². The van der Waals surface area contributed by atoms with Crippen LogP contribution in [0, 0.1) is 11.8 Å². The van der Waals surface area contributed by atoms with Crippen molar-refractivity contribution in [2.45, 2.75) is 60.3 Å². The Morgan fingerprint density at radius 2 is 1.72 bits per heavy atom. The zero-order valence-electron chi connectivity index (χ0n) is 24.9. The predicted molar refractivity (Wildman–Crippen MR) is 166 cm³/mol. The summed E-state index contributed by atoms with van der Waals surface area (Å²) >= 11 is 0. The first-order valence-electron chi connectivity index (χ1n) is 14.6. The van der Waals surface area contributed by atoms with Crippen LogP contribution in [0.25, 0.3) is 0 Å². The predicted octanol–water partition coefficient (Wildman–Crippen LogP) is 6.16. The molecule has 0 unspecified atom stereocenters. The topological polar surface area (TPSA) is 144 Å². The van der Waals surface area contributed by atoms with Gasteiger partial charge in [0.15, 0.2) is 0 Å². The lowest BCUT2D eigenvalue weighted by atomic mass is 9.86. The fraction of sp³-hybridized carbons (Fsp3) is 0.324. The summed E-state index contributed by atoms with van der Waals surface area (Å²) in [5.74, 6) is -1.83. The lowest BCUT2D eigenvalue weighted by Gasteiger charge is -2.17. The van der Waals surface area contributed by atoms with Crippen LogP contribution in [0.3, 0.4) is 0 Å². The fourth-order valence-electron chi connectivity index (χ4n) is 6.77. The number of aliphatic carboxylic acids is 2. The van der Waals surface area contributed by atoms with E-state index in [1.807, 2.05) is 39.0 Å². The van der Waals surface area contributed by atoms with Crippen molar-refractivity contribution in [3.05, 3.63) is 104 Å². The van der Waals surface area contributed by atoms with Gasteiger partial charge in [-0.25, -0.2) is 19.8 Å². The number of fused-ring (bicyclic) bond motifs is 5. The third-order valence-electron chi connectivity index (χ3n) is 9.16. The monoisotopic (exact) mass is 578 g/mol. The SMILES string of the molecule is CCC1=C(C)C2=NC1=CC1=C(C)C3=C(O)CC(=C4NC(=CC5=NC(=C2)C(/C=C\C(=O)O)=C5C)[C@@H](C)[C@@H]4CCC(=O)O)C3=N1. The average molecular weight is 579 g/mol. The largest absolute Gasteiger partial charge is 0.511 e. The number of carboxylic acid groups (broad SMARTS) is 2. The van der Waals surface area contributed by atoms with Crippen molar-refractivity contribution in [1.82, 2.24) is 5.32 Å². The molecular formula is C34H34N4O5. The number of nitrogens with one attached hydrogen (secondary N) is 1. The van der Waals surface area contributed by atoms with E-state index in [4.69, 9.17) is 15.0 Å². The summed E-state index contributed by atoms with van der Waals surface area (Å²) in [6, 6.07) is 0. The smallest absolute Gasteiger partial charge is 0.328 e. The van der Waals surface area contributed by atoms with Gasteiger partial charge in [0, 0.05) is 58.9 Å². The van der Waals surface area contributed by atoms with Crippen LogP contribution < -0.4 is 5.32 Å². The molecule has 6 rings (SSSR count). The Labute approximate surface area is 249 Å². The van der Waals surface area contributed by atoms with Crippen molar-refractivity contribution in [2.75, 3.05) is 0 Å². The highest BCUT2D eigenvalue weighted by molar-refractivity contribution is 6.21. The van der Waals surface area contributed by atoms with Crippen molar-refractivity contribution in [1.29, 1.82) is 0 Å². The highest BCUT2D eigenvalue weighted by Gasteiger charge is 2.41. The Hall–Kier alpha value is -4.79. The number of hydrogen-bond acceptors (Lipinski definition) is 7. The van der Waals surface area contributed by atoms with Crippen molar-refractivity contribution in [3.8, 4) is 0 Å². The molecule has 0 radical (unpaired) electrons. The van der Waals surface area contributed by atoms with Crippen LogP contribution in [-0.4, -0.2) is 44.4 Å². The number of aliphatic hydroxyl groups is 1. The van der Waals surface area contributed by atoms with Crippen molar-refractivity contribution >= 4 is 29.1 Å². The van der Waals surface area contributed by atoms with Gasteiger partial charge in [0.2, 0.25) is 0 Å². The molecule has 2 atom stereocenters. The molecule has 1 saturated heterocycles. The minimum absolute atomic E-state index is 0.0105. The molecule has 9 nitrogen and oxygen atoms in total. The number of carbonyl (C=O) groups is 2. The molecule has 0 saturated carbocycles. The third kappa shape index (κ3) is 4.69. The number of aliphatic imine (C=N–C) groups is 3. The number of carboxylic acids is 2. The first-order chi connectivity index (χ1) is 20.5. The minimum Gasteiger partial charge on any atom is -0.511 e. The second-order valence-electron chi connectivity index (χ2n) is 11.6. The summed E-state index contributed by atoms with van der Waals surface area (Å²) in [5.41, 5.74) is 12.2. The molecule has 4 N–H and O–H groups in total. The number of nitrogens with zero attached hydrogens (tertiary/aromatic N) is 3. The maximum absolute atomic E-state index is 11.6. The van der Waals surface area contributed by atoms with Gasteiger partial charge in [0.1, 0.15) is 5.76 Å². The van der Waals surface area contributed by atoms with Crippen LogP contribution in [-0.2, 0) is 9.59 Å². The first kappa shape index (κ1) is 28.3. The molecule has 0 spiro atoms. The number of hydrogen-bond donors (Lipinski definition) is 4. The zero-order chi connectivity index (χ0) is 30.7. The van der Waals surface area contributed by atoms with Crippen LogP contribution in [0.5, 0.6) is 0 Å². The number of allylic oxidation sites excluding steroid dienone is 12. The van der Waals surface area contributed by atoms with E-state index >= 15 is 0 Å². The van der Waals surface area contributed by atoms with Gasteiger partial charge in [-0.2, -0.15) is 0 Å². The van der Waals surface area contributed by atoms with E-state index in [1.54, 1.807) is 6.08 Å². The van der Waals surface area contributed by atoms with Gasteiger partial charge in [-0.3, -0.25) is 4.79 Å². The van der Waals surface area contributed by atoms with Crippen LogP contribution in [0.1, 0.15) is 60.3 Å². The summed E-state index contributed by atoms with van der Waals surface area (Å²) < 4.78 is 0. The molecule has 220 valence electrons. The highest BCUT2D eigenvalue weighted by Crippen LogP contribution is 2.46. The maximum atomic E-state index is 11.6. The molecule has 1 fully saturated rings. The van der Waals surface area contributed by atoms with E-state index in [2.05, 4.69) is 19.2 Å². The van der Waals surface area contributed by atoms with Gasteiger partial charge in [-0.05, 0) is 80.2 Å². The molecule has 5 aliphatic heterocycles. The lowest BCUT2D eigenvalue weighted by Crippen LogP contribution is -2.15. The van der Waals surface area contributed by atoms with Gasteiger partial charge < -0.3 is 20.6 Å². The van der Waals surface area contributed by atoms with E-state index in [-0.39, 0.29) is 24.0 Å². The molecule has 0 amide bonds. The van der Waals surface area contributed by atoms with Gasteiger partial charge >= 0.3 is 11.9 Å². The van der Waals surface area contributed by atoms with Crippen molar-refractivity contribution in [2.24, 2.45) is 26.8 Å². The molecular weight excluding hydrogens is 544 g/mol. The molecule has 0 aromatic carbocycles. The molecule has 43 heavy (non-hydrogen) atoms. The quantitative estimate of drug-likeness (QED) is 0.278. The second kappa shape index (κ2) is 10.5. The van der Waals surface area contributed by atoms with Crippen LogP contribution >= 0.6 is 0 Å². The Balaban J connectivity index is 1.61. The molecule has 8 bridgehead atoms. The minimum atomic E-state index is -1.05. The highest BCUT2D eigenvalue weighted by atomic mass is 16.4. The summed E-state index contributed by atoms with van der Waals surface area (Å²) in [7, 11) is 0. The Morgan fingerprint density at radius 3 is 2.42 bits per heavy atom. The van der Waals surface area contributed by atoms with E-state index in [1.165, 1.54) is 0 Å². The van der Waals surface area contributed by atoms with E-state index in [0.29, 0.717) is 29.8 Å². The van der Waals surface area contributed by atoms with Gasteiger partial charge in [-0.1, -0.05) is 13.8 Å². The third-order valence-corrected chi connectivity index (χ3v) is 9.16. The zero-order valence-corrected chi connectivity index (χ0v) is 24.9. The van der Waals surface area contributed by atoms with Gasteiger partial charge in [0.05, 0.1) is 34.2 Å². The Kier molecular flexibility index (Phi) is 6.91. The summed E-state index contributed by atoms with van der Waals surface area (Å²) in [5, 5.41) is 33.6. The summed E-state index contributed by atoms with van der Waals surface area (Å²) in [4.78, 5) is 38.0. The summed E-state index contributed by atoms with van der Waals surface area (Å²) in [6.45, 7) is 10.1. The standard InChI is InChI=1S/C34H34N4O5/c1-6-19-15(2)24-13-28-20(7-9-30(40)41)16(3)23(36-28)12-25-17(4)21(8-10-31(42)43)33(37-25)22-11-29(39)32-18(5)26(38-34(22)32)14-27(19)35-24/h7,9,12-14,17,21,37,39H,6,8,10-11H2,1-5H3,(H,40,41)(H,42,43)/b9-7-,25-12?,27-14?,28-13?,33-22?/t17-,21-/m0/s1. The number of rotatable bonds is 6. The lowest BCUT2D eigenvalue weighted by molar-refractivity contribution is -0.137. The molecule has 0 aromatic rings. The normalized spacial score (nSPS) is 24.6. The van der Waals surface area contributed by atoms with Gasteiger partial charge in [-0.15, -0.1) is 0 Å². The van der Waals surface area contributed by atoms with Crippen LogP contribution in [0.15, 0.2) is 119 Å². The summed E-state index contributed by atoms with van der Waals surface area (Å²) in [6.07, 6.45) is 10.0. The molecule has 0 aromatic heterocycles. The molecule has 1 aliphatic carbocycles. The molecule has 5 heterocycles.